The SMILES string of the molecule is Cc1nn(CC(=O)NC(C)c2ccccc2)c2nccc(-c3cccs3)c12. The molecule has 3 heterocycles. The minimum atomic E-state index is -0.0842. The van der Waals surface area contributed by atoms with E-state index in [-0.39, 0.29) is 18.5 Å². The number of carbonyl (C=O) groups excluding carboxylic acids is 1. The first-order valence-corrected chi connectivity index (χ1v) is 9.72. The summed E-state index contributed by atoms with van der Waals surface area (Å²) in [5.74, 6) is -0.0842. The summed E-state index contributed by atoms with van der Waals surface area (Å²) in [6.07, 6.45) is 1.78. The van der Waals surface area contributed by atoms with Crippen LogP contribution in [0.1, 0.15) is 24.2 Å². The number of nitrogens with one attached hydrogen (secondary N) is 1. The van der Waals surface area contributed by atoms with Crippen LogP contribution in [-0.4, -0.2) is 20.7 Å². The number of aryl methyl sites for hydroxylation is 1. The smallest absolute Gasteiger partial charge is 0.242 e. The number of carbonyl (C=O) groups is 1. The van der Waals surface area contributed by atoms with E-state index in [1.54, 1.807) is 22.2 Å². The normalized spacial score (nSPS) is 12.2. The number of pyridine rings is 1. The van der Waals surface area contributed by atoms with Crippen molar-refractivity contribution in [2.24, 2.45) is 0 Å². The van der Waals surface area contributed by atoms with Crippen LogP contribution >= 0.6 is 11.3 Å². The van der Waals surface area contributed by atoms with Crippen LogP contribution in [0.5, 0.6) is 0 Å². The van der Waals surface area contributed by atoms with Crippen LogP contribution in [0.25, 0.3) is 21.5 Å². The third kappa shape index (κ3) is 3.48. The van der Waals surface area contributed by atoms with Gasteiger partial charge in [-0.3, -0.25) is 4.79 Å². The molecule has 27 heavy (non-hydrogen) atoms. The van der Waals surface area contributed by atoms with Crippen LogP contribution in [0.3, 0.4) is 0 Å². The highest BCUT2D eigenvalue weighted by Gasteiger charge is 2.17. The zero-order chi connectivity index (χ0) is 18.8. The van der Waals surface area contributed by atoms with Crippen LogP contribution in [-0.2, 0) is 11.3 Å². The van der Waals surface area contributed by atoms with Crippen molar-refractivity contribution in [3.05, 3.63) is 71.4 Å². The van der Waals surface area contributed by atoms with Crippen molar-refractivity contribution in [1.82, 2.24) is 20.1 Å². The maximum Gasteiger partial charge on any atom is 0.242 e. The van der Waals surface area contributed by atoms with Crippen LogP contribution < -0.4 is 5.32 Å². The molecule has 0 saturated carbocycles. The molecule has 0 aliphatic heterocycles. The van der Waals surface area contributed by atoms with Gasteiger partial charge in [-0.05, 0) is 36.9 Å². The lowest BCUT2D eigenvalue weighted by molar-refractivity contribution is -0.122. The van der Waals surface area contributed by atoms with Crippen molar-refractivity contribution >= 4 is 28.3 Å². The first-order chi connectivity index (χ1) is 13.1. The minimum absolute atomic E-state index is 0.0590. The van der Waals surface area contributed by atoms with E-state index in [0.29, 0.717) is 0 Å². The molecule has 136 valence electrons. The third-order valence-corrected chi connectivity index (χ3v) is 5.47. The van der Waals surface area contributed by atoms with Gasteiger partial charge in [0.2, 0.25) is 5.91 Å². The standard InChI is InChI=1S/C21H20N4OS/c1-14(16-7-4-3-5-8-16)23-19(26)13-25-21-20(15(2)24-25)17(10-11-22-21)18-9-6-12-27-18/h3-12,14H,13H2,1-2H3,(H,23,26). The Morgan fingerprint density at radius 1 is 1.19 bits per heavy atom. The fourth-order valence-corrected chi connectivity index (χ4v) is 4.04. The number of amides is 1. The first-order valence-electron chi connectivity index (χ1n) is 8.84. The van der Waals surface area contributed by atoms with Crippen molar-refractivity contribution in [3.63, 3.8) is 0 Å². The van der Waals surface area contributed by atoms with Gasteiger partial charge in [-0.25, -0.2) is 9.67 Å². The Labute approximate surface area is 161 Å². The van der Waals surface area contributed by atoms with E-state index < -0.39 is 0 Å². The second-order valence-electron chi connectivity index (χ2n) is 6.48. The van der Waals surface area contributed by atoms with Gasteiger partial charge in [0.25, 0.3) is 0 Å². The Morgan fingerprint density at radius 3 is 2.74 bits per heavy atom. The molecule has 3 aromatic heterocycles. The van der Waals surface area contributed by atoms with Crippen LogP contribution in [0, 0.1) is 6.92 Å². The molecule has 0 aliphatic carbocycles. The summed E-state index contributed by atoms with van der Waals surface area (Å²) >= 11 is 1.68. The van der Waals surface area contributed by atoms with Crippen molar-refractivity contribution in [3.8, 4) is 10.4 Å². The highest BCUT2D eigenvalue weighted by molar-refractivity contribution is 7.13. The number of thiophene rings is 1. The highest BCUT2D eigenvalue weighted by atomic mass is 32.1. The van der Waals surface area contributed by atoms with Crippen molar-refractivity contribution in [2.45, 2.75) is 26.4 Å². The first kappa shape index (κ1) is 17.4. The van der Waals surface area contributed by atoms with Crippen LogP contribution in [0.15, 0.2) is 60.1 Å². The molecule has 0 fully saturated rings. The topological polar surface area (TPSA) is 59.8 Å². The van der Waals surface area contributed by atoms with Gasteiger partial charge in [-0.15, -0.1) is 11.3 Å². The summed E-state index contributed by atoms with van der Waals surface area (Å²) in [6, 6.07) is 16.0. The molecular weight excluding hydrogens is 356 g/mol. The zero-order valence-corrected chi connectivity index (χ0v) is 16.0. The number of nitrogens with zero attached hydrogens (tertiary/aromatic N) is 3. The maximum absolute atomic E-state index is 12.6. The van der Waals surface area contributed by atoms with E-state index >= 15 is 0 Å². The fourth-order valence-electron chi connectivity index (χ4n) is 3.28. The average Bonchev–Trinajstić information content (AvgIpc) is 3.31. The number of fused-ring (bicyclic) bond motifs is 1. The van der Waals surface area contributed by atoms with Gasteiger partial charge in [0, 0.05) is 16.6 Å². The third-order valence-electron chi connectivity index (χ3n) is 4.57. The number of aromatic nitrogens is 3. The number of rotatable bonds is 5. The largest absolute Gasteiger partial charge is 0.348 e. The van der Waals surface area contributed by atoms with Gasteiger partial charge in [0.15, 0.2) is 5.65 Å². The molecule has 1 aromatic carbocycles. The Bertz CT molecular complexity index is 1070. The van der Waals surface area contributed by atoms with Gasteiger partial charge in [-0.2, -0.15) is 5.10 Å². The molecule has 0 radical (unpaired) electrons. The predicted octanol–water partition coefficient (Wildman–Crippen LogP) is 4.35. The van der Waals surface area contributed by atoms with Gasteiger partial charge in [-0.1, -0.05) is 36.4 Å². The summed E-state index contributed by atoms with van der Waals surface area (Å²) in [5, 5.41) is 10.7. The van der Waals surface area contributed by atoms with E-state index in [4.69, 9.17) is 0 Å². The molecule has 0 aliphatic rings. The van der Waals surface area contributed by atoms with Gasteiger partial charge in [0.05, 0.1) is 17.1 Å². The second-order valence-corrected chi connectivity index (χ2v) is 7.43. The number of benzene rings is 1. The molecule has 0 saturated heterocycles. The van der Waals surface area contributed by atoms with E-state index in [1.165, 1.54) is 4.88 Å². The molecule has 1 unspecified atom stereocenters. The number of hydrogen-bond donors (Lipinski definition) is 1. The lowest BCUT2D eigenvalue weighted by atomic mass is 10.1. The Balaban J connectivity index is 1.59. The molecule has 0 spiro atoms. The Morgan fingerprint density at radius 2 is 2.00 bits per heavy atom. The lowest BCUT2D eigenvalue weighted by Gasteiger charge is -2.14. The highest BCUT2D eigenvalue weighted by Crippen LogP contribution is 2.32. The maximum atomic E-state index is 12.6. The summed E-state index contributed by atoms with van der Waals surface area (Å²) in [4.78, 5) is 18.2. The summed E-state index contributed by atoms with van der Waals surface area (Å²) < 4.78 is 1.69. The van der Waals surface area contributed by atoms with E-state index in [2.05, 4.69) is 26.8 Å². The quantitative estimate of drug-likeness (QED) is 0.563. The summed E-state index contributed by atoms with van der Waals surface area (Å²) in [5.41, 5.74) is 3.80. The van der Waals surface area contributed by atoms with Crippen LogP contribution in [0.2, 0.25) is 0 Å². The molecule has 4 rings (SSSR count). The minimum Gasteiger partial charge on any atom is -0.348 e. The van der Waals surface area contributed by atoms with Gasteiger partial charge in [0.1, 0.15) is 6.54 Å². The zero-order valence-electron chi connectivity index (χ0n) is 15.2. The average molecular weight is 376 g/mol. The van der Waals surface area contributed by atoms with E-state index in [1.807, 2.05) is 56.3 Å². The molecule has 6 heteroatoms. The second kappa shape index (κ2) is 7.32. The molecule has 5 nitrogen and oxygen atoms in total. The molecule has 1 N–H and O–H groups in total. The lowest BCUT2D eigenvalue weighted by Crippen LogP contribution is -2.30. The molecule has 0 bridgehead atoms. The van der Waals surface area contributed by atoms with E-state index in [9.17, 15) is 4.79 Å². The van der Waals surface area contributed by atoms with Crippen molar-refractivity contribution < 1.29 is 4.79 Å². The summed E-state index contributed by atoms with van der Waals surface area (Å²) in [6.45, 7) is 4.08. The van der Waals surface area contributed by atoms with Crippen molar-refractivity contribution in [1.29, 1.82) is 0 Å². The van der Waals surface area contributed by atoms with Crippen molar-refractivity contribution in [2.75, 3.05) is 0 Å². The summed E-state index contributed by atoms with van der Waals surface area (Å²) in [7, 11) is 0. The fraction of sp³-hybridized carbons (Fsp3) is 0.190. The molecule has 1 atom stereocenters. The number of hydrogen-bond acceptors (Lipinski definition) is 4. The van der Waals surface area contributed by atoms with Crippen LogP contribution in [0.4, 0.5) is 0 Å². The van der Waals surface area contributed by atoms with E-state index in [0.717, 1.165) is 27.9 Å². The van der Waals surface area contributed by atoms with Gasteiger partial charge < -0.3 is 5.32 Å². The monoisotopic (exact) mass is 376 g/mol. The predicted molar refractivity (Wildman–Crippen MR) is 109 cm³/mol. The molecular formula is C21H20N4OS. The molecule has 4 aromatic rings. The Hall–Kier alpha value is -2.99. The molecule has 1 amide bonds. The van der Waals surface area contributed by atoms with Gasteiger partial charge >= 0.3 is 0 Å². The Kier molecular flexibility index (Phi) is 4.73.